The molecule has 6 heteroatoms. The van der Waals surface area contributed by atoms with E-state index in [1.807, 2.05) is 31.2 Å². The van der Waals surface area contributed by atoms with E-state index in [0.717, 1.165) is 47.5 Å². The van der Waals surface area contributed by atoms with E-state index >= 15 is 0 Å². The molecule has 1 aliphatic rings. The van der Waals surface area contributed by atoms with Gasteiger partial charge in [0.2, 0.25) is 0 Å². The summed E-state index contributed by atoms with van der Waals surface area (Å²) in [6, 6.07) is 7.85. The van der Waals surface area contributed by atoms with Gasteiger partial charge in [-0.05, 0) is 56.7 Å². The van der Waals surface area contributed by atoms with Gasteiger partial charge in [0.25, 0.3) is 0 Å². The SMILES string of the molecule is COc1ccc(CNc2cc(NCCC3=CCCCC3)nc(C)n2)cc1OC. The van der Waals surface area contributed by atoms with Crippen LogP contribution in [0.3, 0.4) is 0 Å². The van der Waals surface area contributed by atoms with Crippen molar-refractivity contribution in [2.24, 2.45) is 0 Å². The lowest BCUT2D eigenvalue weighted by molar-refractivity contribution is 0.354. The maximum Gasteiger partial charge on any atom is 0.161 e. The van der Waals surface area contributed by atoms with Gasteiger partial charge in [0.1, 0.15) is 17.5 Å². The minimum Gasteiger partial charge on any atom is -0.493 e. The van der Waals surface area contributed by atoms with Crippen LogP contribution in [0.1, 0.15) is 43.5 Å². The third-order valence-corrected chi connectivity index (χ3v) is 4.90. The van der Waals surface area contributed by atoms with Gasteiger partial charge >= 0.3 is 0 Å². The molecule has 0 spiro atoms. The first-order chi connectivity index (χ1) is 13.7. The summed E-state index contributed by atoms with van der Waals surface area (Å²) in [5.41, 5.74) is 2.66. The molecule has 0 radical (unpaired) electrons. The van der Waals surface area contributed by atoms with E-state index in [2.05, 4.69) is 26.7 Å². The summed E-state index contributed by atoms with van der Waals surface area (Å²) < 4.78 is 10.7. The number of nitrogens with zero attached hydrogens (tertiary/aromatic N) is 2. The Bertz CT molecular complexity index is 820. The summed E-state index contributed by atoms with van der Waals surface area (Å²) >= 11 is 0. The number of rotatable bonds is 9. The molecule has 28 heavy (non-hydrogen) atoms. The average Bonchev–Trinajstić information content (AvgIpc) is 2.72. The van der Waals surface area contributed by atoms with E-state index in [9.17, 15) is 0 Å². The first-order valence-corrected chi connectivity index (χ1v) is 9.90. The van der Waals surface area contributed by atoms with E-state index < -0.39 is 0 Å². The zero-order valence-corrected chi connectivity index (χ0v) is 17.0. The topological polar surface area (TPSA) is 68.3 Å². The van der Waals surface area contributed by atoms with Crippen LogP contribution in [0, 0.1) is 6.92 Å². The number of nitrogens with one attached hydrogen (secondary N) is 2. The van der Waals surface area contributed by atoms with Crippen molar-refractivity contribution in [1.82, 2.24) is 9.97 Å². The summed E-state index contributed by atoms with van der Waals surface area (Å²) in [7, 11) is 3.28. The zero-order chi connectivity index (χ0) is 19.8. The van der Waals surface area contributed by atoms with Crippen molar-refractivity contribution in [1.29, 1.82) is 0 Å². The third-order valence-electron chi connectivity index (χ3n) is 4.90. The highest BCUT2D eigenvalue weighted by molar-refractivity contribution is 5.49. The molecule has 1 aromatic carbocycles. The number of methoxy groups -OCH3 is 2. The molecule has 0 bridgehead atoms. The summed E-state index contributed by atoms with van der Waals surface area (Å²) in [4.78, 5) is 9.00. The van der Waals surface area contributed by atoms with Gasteiger partial charge in [-0.3, -0.25) is 0 Å². The van der Waals surface area contributed by atoms with Crippen molar-refractivity contribution < 1.29 is 9.47 Å². The van der Waals surface area contributed by atoms with Gasteiger partial charge in [-0.15, -0.1) is 0 Å². The van der Waals surface area contributed by atoms with Gasteiger partial charge in [0.15, 0.2) is 11.5 Å². The van der Waals surface area contributed by atoms with Gasteiger partial charge in [0.05, 0.1) is 14.2 Å². The zero-order valence-electron chi connectivity index (χ0n) is 17.0. The molecule has 1 heterocycles. The first-order valence-electron chi connectivity index (χ1n) is 9.90. The second kappa shape index (κ2) is 9.97. The average molecular weight is 383 g/mol. The second-order valence-electron chi connectivity index (χ2n) is 7.01. The van der Waals surface area contributed by atoms with Gasteiger partial charge in [-0.2, -0.15) is 0 Å². The van der Waals surface area contributed by atoms with E-state index in [1.54, 1.807) is 19.8 Å². The first kappa shape index (κ1) is 20.0. The van der Waals surface area contributed by atoms with Gasteiger partial charge < -0.3 is 20.1 Å². The highest BCUT2D eigenvalue weighted by Gasteiger charge is 2.07. The monoisotopic (exact) mass is 382 g/mol. The molecule has 2 aromatic rings. The lowest BCUT2D eigenvalue weighted by atomic mass is 9.97. The van der Waals surface area contributed by atoms with Crippen LogP contribution in [-0.4, -0.2) is 30.7 Å². The van der Waals surface area contributed by atoms with Gasteiger partial charge in [0, 0.05) is 19.2 Å². The maximum absolute atomic E-state index is 5.37. The van der Waals surface area contributed by atoms with E-state index in [0.29, 0.717) is 6.54 Å². The van der Waals surface area contributed by atoms with Crippen LogP contribution in [0.2, 0.25) is 0 Å². The molecule has 0 atom stereocenters. The summed E-state index contributed by atoms with van der Waals surface area (Å²) in [6.07, 6.45) is 8.60. The standard InChI is InChI=1S/C22H30N4O2/c1-16-25-21(23-12-11-17-7-5-4-6-8-17)14-22(26-16)24-15-18-9-10-19(27-2)20(13-18)28-3/h7,9-10,13-14H,4-6,8,11-12,15H2,1-3H3,(H2,23,24,25,26). The normalized spacial score (nSPS) is 13.6. The molecule has 1 aromatic heterocycles. The Hall–Kier alpha value is -2.76. The molecule has 3 rings (SSSR count). The van der Waals surface area contributed by atoms with Gasteiger partial charge in [-0.25, -0.2) is 9.97 Å². The Morgan fingerprint density at radius 2 is 1.75 bits per heavy atom. The summed E-state index contributed by atoms with van der Waals surface area (Å²) in [5, 5.41) is 6.81. The third kappa shape index (κ3) is 5.62. The molecule has 150 valence electrons. The highest BCUT2D eigenvalue weighted by Crippen LogP contribution is 2.28. The van der Waals surface area contributed by atoms with Crippen molar-refractivity contribution in [2.45, 2.75) is 45.6 Å². The van der Waals surface area contributed by atoms with Crippen LogP contribution in [-0.2, 0) is 6.54 Å². The minimum absolute atomic E-state index is 0.642. The van der Waals surface area contributed by atoms with Crippen LogP contribution in [0.25, 0.3) is 0 Å². The molecule has 0 fully saturated rings. The fourth-order valence-corrected chi connectivity index (χ4v) is 3.41. The van der Waals surface area contributed by atoms with Crippen LogP contribution >= 0.6 is 0 Å². The second-order valence-corrected chi connectivity index (χ2v) is 7.01. The van der Waals surface area contributed by atoms with Crippen molar-refractivity contribution in [2.75, 3.05) is 31.4 Å². The predicted octanol–water partition coefficient (Wildman–Crippen LogP) is 4.72. The fraction of sp³-hybridized carbons (Fsp3) is 0.455. The number of aryl methyl sites for hydroxylation is 1. The quantitative estimate of drug-likeness (QED) is 0.612. The highest BCUT2D eigenvalue weighted by atomic mass is 16.5. The number of ether oxygens (including phenoxy) is 2. The fourth-order valence-electron chi connectivity index (χ4n) is 3.41. The number of anilines is 2. The minimum atomic E-state index is 0.642. The lowest BCUT2D eigenvalue weighted by Crippen LogP contribution is -2.09. The predicted molar refractivity (Wildman–Crippen MR) is 113 cm³/mol. The number of aromatic nitrogens is 2. The molecule has 0 amide bonds. The molecular formula is C22H30N4O2. The molecule has 0 unspecified atom stereocenters. The molecular weight excluding hydrogens is 352 g/mol. The Kier molecular flexibility index (Phi) is 7.12. The summed E-state index contributed by atoms with van der Waals surface area (Å²) in [6.45, 7) is 3.46. The maximum atomic E-state index is 5.37. The van der Waals surface area contributed by atoms with Crippen LogP contribution in [0.4, 0.5) is 11.6 Å². The molecule has 0 saturated heterocycles. The number of allylic oxidation sites excluding steroid dienone is 1. The van der Waals surface area contributed by atoms with Crippen molar-refractivity contribution in [3.05, 3.63) is 47.3 Å². The van der Waals surface area contributed by atoms with Gasteiger partial charge in [-0.1, -0.05) is 17.7 Å². The number of hydrogen-bond donors (Lipinski definition) is 2. The molecule has 2 N–H and O–H groups in total. The van der Waals surface area contributed by atoms with E-state index in [-0.39, 0.29) is 0 Å². The Labute approximate surface area is 167 Å². The Balaban J connectivity index is 1.57. The largest absolute Gasteiger partial charge is 0.493 e. The van der Waals surface area contributed by atoms with Crippen molar-refractivity contribution in [3.63, 3.8) is 0 Å². The molecule has 1 aliphatic carbocycles. The molecule has 0 saturated carbocycles. The van der Waals surface area contributed by atoms with Crippen molar-refractivity contribution in [3.8, 4) is 11.5 Å². The van der Waals surface area contributed by atoms with Crippen LogP contribution in [0.5, 0.6) is 11.5 Å². The van der Waals surface area contributed by atoms with E-state index in [4.69, 9.17) is 9.47 Å². The number of benzene rings is 1. The molecule has 6 nitrogen and oxygen atoms in total. The smallest absolute Gasteiger partial charge is 0.161 e. The van der Waals surface area contributed by atoms with E-state index in [1.165, 1.54) is 25.7 Å². The Morgan fingerprint density at radius 3 is 2.46 bits per heavy atom. The Morgan fingerprint density at radius 1 is 0.964 bits per heavy atom. The molecule has 0 aliphatic heterocycles. The number of hydrogen-bond acceptors (Lipinski definition) is 6. The summed E-state index contributed by atoms with van der Waals surface area (Å²) in [5.74, 6) is 3.86. The van der Waals surface area contributed by atoms with Crippen molar-refractivity contribution >= 4 is 11.6 Å². The van der Waals surface area contributed by atoms with Crippen LogP contribution in [0.15, 0.2) is 35.9 Å². The lowest BCUT2D eigenvalue weighted by Gasteiger charge is -2.14. The van der Waals surface area contributed by atoms with Crippen LogP contribution < -0.4 is 20.1 Å².